The molecule has 0 radical (unpaired) electrons. The van der Waals surface area contributed by atoms with Crippen LogP contribution in [-0.4, -0.2) is 17.5 Å². The van der Waals surface area contributed by atoms with E-state index in [9.17, 15) is 0 Å². The monoisotopic (exact) mass is 311 g/mol. The van der Waals surface area contributed by atoms with E-state index < -0.39 is 10.4 Å². The summed E-state index contributed by atoms with van der Waals surface area (Å²) < 4.78 is 34.1. The Labute approximate surface area is 76.6 Å². The third-order valence-electron chi connectivity index (χ3n) is 0. The molecule has 4 nitrogen and oxygen atoms in total. The van der Waals surface area contributed by atoms with Crippen LogP contribution in [0.1, 0.15) is 0 Å². The minimum atomic E-state index is -5.17. The number of hydrogen-bond acceptors (Lipinski definition) is 4. The fraction of sp³-hybridized carbons (Fsp3) is 0. The summed E-state index contributed by atoms with van der Waals surface area (Å²) >= 11 is 0. The van der Waals surface area contributed by atoms with Crippen molar-refractivity contribution in [3.63, 3.8) is 0 Å². The van der Waals surface area contributed by atoms with Gasteiger partial charge in [0.15, 0.2) is 0 Å². The molecule has 0 unspecified atom stereocenters. The molecule has 0 heterocycles. The van der Waals surface area contributed by atoms with Crippen LogP contribution in [0.2, 0.25) is 0 Å². The molecule has 0 atom stereocenters. The van der Waals surface area contributed by atoms with Gasteiger partial charge in [0, 0.05) is 10.4 Å². The van der Waals surface area contributed by atoms with Gasteiger partial charge in [-0.1, -0.05) is 0 Å². The average molecular weight is 309 g/mol. The van der Waals surface area contributed by atoms with Crippen LogP contribution in [0.15, 0.2) is 0 Å². The van der Waals surface area contributed by atoms with E-state index in [-0.39, 0.29) is 49.3 Å². The summed E-state index contributed by atoms with van der Waals surface area (Å²) in [5, 5.41) is 0. The Morgan fingerprint density at radius 1 is 1.14 bits per heavy atom. The van der Waals surface area contributed by atoms with E-state index in [1.165, 1.54) is 0 Å². The van der Waals surface area contributed by atoms with Gasteiger partial charge >= 0.3 is 49.3 Å². The van der Waals surface area contributed by atoms with Crippen LogP contribution in [0, 0.1) is 0 Å². The zero-order valence-corrected chi connectivity index (χ0v) is 8.75. The van der Waals surface area contributed by atoms with Crippen molar-refractivity contribution in [1.29, 1.82) is 0 Å². The quantitative estimate of drug-likeness (QED) is 0.257. The van der Waals surface area contributed by atoms with Crippen LogP contribution < -0.4 is 29.6 Å². The number of hydrogen-bond donors (Lipinski definition) is 0. The van der Waals surface area contributed by atoms with Gasteiger partial charge in [0.1, 0.15) is 0 Å². The molecule has 0 aromatic heterocycles. The molecule has 0 aromatic carbocycles. The molecule has 7 heavy (non-hydrogen) atoms. The maximum absolute atomic E-state index is 8.52. The summed E-state index contributed by atoms with van der Waals surface area (Å²) in [4.78, 5) is 0. The molecule has 0 rings (SSSR count). The fourth-order valence-electron chi connectivity index (χ4n) is 0. The van der Waals surface area contributed by atoms with E-state index >= 15 is 0 Å². The molecule has 0 aromatic rings. The molecule has 0 spiro atoms. The second kappa shape index (κ2) is 5.64. The zero-order chi connectivity index (χ0) is 4.50. The van der Waals surface area contributed by atoms with Crippen molar-refractivity contribution < 1.29 is 66.9 Å². The molecule has 36 valence electrons. The first-order valence-electron chi connectivity index (χ1n) is 0.667. The first-order chi connectivity index (χ1) is 2.00. The van der Waals surface area contributed by atoms with Gasteiger partial charge in [-0.3, -0.25) is 8.42 Å². The predicted molar refractivity (Wildman–Crippen MR) is 10.5 cm³/mol. The Bertz CT molecular complexity index is 94.9. The molecular formula is NaO4OsS+3. The van der Waals surface area contributed by atoms with Crippen LogP contribution in [0.4, 0.5) is 0 Å². The zero-order valence-electron chi connectivity index (χ0n) is 3.39. The molecule has 0 aliphatic rings. The fourth-order valence-corrected chi connectivity index (χ4v) is 0. The van der Waals surface area contributed by atoms with Gasteiger partial charge in [0.05, 0.1) is 0 Å². The van der Waals surface area contributed by atoms with E-state index in [2.05, 4.69) is 0 Å². The second-order valence-electron chi connectivity index (χ2n) is 0.408. The third-order valence-corrected chi connectivity index (χ3v) is 0. The van der Waals surface area contributed by atoms with E-state index in [1.807, 2.05) is 0 Å². The largest absolute Gasteiger partial charge is 4.00 e. The SMILES string of the molecule is O=S(=O)([O-])[O-].[Na+].[Os+4]. The Morgan fingerprint density at radius 3 is 1.14 bits per heavy atom. The van der Waals surface area contributed by atoms with E-state index in [0.717, 1.165) is 0 Å². The molecule has 0 bridgehead atoms. The molecule has 0 saturated carbocycles. The maximum atomic E-state index is 8.52. The Hall–Kier alpha value is 1.51. The summed E-state index contributed by atoms with van der Waals surface area (Å²) in [6.07, 6.45) is 0. The molecular weight excluding hydrogens is 309 g/mol. The van der Waals surface area contributed by atoms with Crippen molar-refractivity contribution in [2.45, 2.75) is 0 Å². The van der Waals surface area contributed by atoms with Crippen molar-refractivity contribution in [1.82, 2.24) is 0 Å². The molecule has 0 aliphatic carbocycles. The van der Waals surface area contributed by atoms with Crippen LogP contribution >= 0.6 is 0 Å². The third kappa shape index (κ3) is 100. The number of rotatable bonds is 0. The molecule has 0 amide bonds. The van der Waals surface area contributed by atoms with Gasteiger partial charge in [-0.25, -0.2) is 0 Å². The molecule has 7 heteroatoms. The summed E-state index contributed by atoms with van der Waals surface area (Å²) in [6.45, 7) is 0. The minimum absolute atomic E-state index is 0. The van der Waals surface area contributed by atoms with E-state index in [4.69, 9.17) is 17.5 Å². The van der Waals surface area contributed by atoms with Crippen LogP contribution in [0.25, 0.3) is 0 Å². The van der Waals surface area contributed by atoms with Gasteiger partial charge in [-0.05, 0) is 0 Å². The summed E-state index contributed by atoms with van der Waals surface area (Å²) in [5.74, 6) is 0. The Kier molecular flexibility index (Phi) is 12.7. The van der Waals surface area contributed by atoms with Crippen LogP contribution in [-0.2, 0) is 30.2 Å². The first kappa shape index (κ1) is 15.8. The normalized spacial score (nSPS) is 8.29. The molecule has 0 aliphatic heterocycles. The van der Waals surface area contributed by atoms with Crippen molar-refractivity contribution in [2.75, 3.05) is 0 Å². The summed E-state index contributed by atoms with van der Waals surface area (Å²) in [7, 11) is -5.17. The van der Waals surface area contributed by atoms with Crippen molar-refractivity contribution in [2.24, 2.45) is 0 Å². The van der Waals surface area contributed by atoms with Crippen molar-refractivity contribution >= 4 is 10.4 Å². The topological polar surface area (TPSA) is 80.3 Å². The Balaban J connectivity index is -0.0000000800. The van der Waals surface area contributed by atoms with Gasteiger partial charge in [0.25, 0.3) is 0 Å². The Morgan fingerprint density at radius 2 is 1.14 bits per heavy atom. The predicted octanol–water partition coefficient (Wildman–Crippen LogP) is -4.34. The minimum Gasteiger partial charge on any atom is -0.759 e. The van der Waals surface area contributed by atoms with Gasteiger partial charge in [-0.2, -0.15) is 0 Å². The standard InChI is InChI=1S/Na.H2O4S.Os/c;1-5(2,3)4;/h;(H2,1,2,3,4);/q+1;;+4/p-2. The van der Waals surface area contributed by atoms with Crippen molar-refractivity contribution in [3.05, 3.63) is 0 Å². The van der Waals surface area contributed by atoms with Crippen molar-refractivity contribution in [3.8, 4) is 0 Å². The van der Waals surface area contributed by atoms with Crippen LogP contribution in [0.5, 0.6) is 0 Å². The maximum Gasteiger partial charge on any atom is 4.00 e. The van der Waals surface area contributed by atoms with Gasteiger partial charge < -0.3 is 9.11 Å². The van der Waals surface area contributed by atoms with Gasteiger partial charge in [0.2, 0.25) is 0 Å². The summed E-state index contributed by atoms with van der Waals surface area (Å²) in [6, 6.07) is 0. The smallest absolute Gasteiger partial charge is 0.759 e. The molecule has 0 N–H and O–H groups in total. The summed E-state index contributed by atoms with van der Waals surface area (Å²) in [5.41, 5.74) is 0. The van der Waals surface area contributed by atoms with E-state index in [0.29, 0.717) is 0 Å². The first-order valence-corrected chi connectivity index (χ1v) is 2.00. The molecule has 0 fully saturated rings. The van der Waals surface area contributed by atoms with E-state index in [1.54, 1.807) is 0 Å². The average Bonchev–Trinajstić information content (AvgIpc) is 0.722. The van der Waals surface area contributed by atoms with Crippen LogP contribution in [0.3, 0.4) is 0 Å². The van der Waals surface area contributed by atoms with Gasteiger partial charge in [-0.15, -0.1) is 0 Å². The molecule has 0 saturated heterocycles. The second-order valence-corrected chi connectivity index (χ2v) is 1.22.